The summed E-state index contributed by atoms with van der Waals surface area (Å²) in [6.07, 6.45) is 3.54. The van der Waals surface area contributed by atoms with Crippen molar-refractivity contribution in [2.45, 2.75) is 46.6 Å². The highest BCUT2D eigenvalue weighted by Crippen LogP contribution is 2.71. The molecule has 2 aromatic rings. The van der Waals surface area contributed by atoms with Crippen LogP contribution in [0.25, 0.3) is 0 Å². The van der Waals surface area contributed by atoms with Gasteiger partial charge in [-0.1, -0.05) is 49.1 Å². The lowest BCUT2D eigenvalue weighted by atomic mass is 9.64. The molecule has 6 nitrogen and oxygen atoms in total. The second-order valence-electron chi connectivity index (χ2n) is 9.02. The molecule has 2 bridgehead atoms. The lowest BCUT2D eigenvalue weighted by Crippen LogP contribution is -2.46. The first kappa shape index (κ1) is 21.9. The molecule has 0 radical (unpaired) electrons. The molecular weight excluding hydrogens is 439 g/mol. The van der Waals surface area contributed by atoms with Crippen LogP contribution < -0.4 is 5.32 Å². The third kappa shape index (κ3) is 3.37. The Balaban J connectivity index is 1.55. The quantitative estimate of drug-likeness (QED) is 0.460. The highest BCUT2D eigenvalue weighted by molar-refractivity contribution is 6.36. The van der Waals surface area contributed by atoms with E-state index in [-0.39, 0.29) is 27.3 Å². The number of oxime groups is 1. The van der Waals surface area contributed by atoms with Gasteiger partial charge in [0.05, 0.1) is 34.5 Å². The molecule has 0 aliphatic heterocycles. The molecule has 4 rings (SSSR count). The number of rotatable bonds is 5. The first-order valence-electron chi connectivity index (χ1n) is 10.2. The molecule has 0 saturated heterocycles. The number of carbonyl (C=O) groups excluding carboxylic acids is 2. The highest BCUT2D eigenvalue weighted by Gasteiger charge is 2.71. The standard InChI is InChI=1S/C23H24Cl2N2O4/c1-21(2)22(3)8-9-23(21,20(29)26-13-15-5-4-10-30-15)12-18(22)27-31-19(28)16-7-6-14(24)11-17(16)25/h4-7,10-11H,8-9,12-13H2,1-3H3,(H,26,29)/b27-18+. The Labute approximate surface area is 190 Å². The first-order valence-corrected chi connectivity index (χ1v) is 10.9. The van der Waals surface area contributed by atoms with Crippen LogP contribution in [-0.4, -0.2) is 17.6 Å². The molecular formula is C23H24Cl2N2O4. The lowest BCUT2D eigenvalue weighted by Gasteiger charge is -2.39. The van der Waals surface area contributed by atoms with Crippen molar-refractivity contribution >= 4 is 40.8 Å². The van der Waals surface area contributed by atoms with E-state index in [4.69, 9.17) is 32.5 Å². The van der Waals surface area contributed by atoms with Crippen molar-refractivity contribution in [2.75, 3.05) is 0 Å². The molecule has 2 atom stereocenters. The molecule has 1 amide bonds. The summed E-state index contributed by atoms with van der Waals surface area (Å²) in [4.78, 5) is 31.1. The van der Waals surface area contributed by atoms with Gasteiger partial charge in [0.1, 0.15) is 5.76 Å². The van der Waals surface area contributed by atoms with E-state index < -0.39 is 11.4 Å². The Hall–Kier alpha value is -2.31. The number of carbonyl (C=O) groups is 2. The van der Waals surface area contributed by atoms with E-state index in [2.05, 4.69) is 31.2 Å². The number of nitrogens with zero attached hydrogens (tertiary/aromatic N) is 1. The van der Waals surface area contributed by atoms with Gasteiger partial charge in [0.15, 0.2) is 0 Å². The van der Waals surface area contributed by atoms with Gasteiger partial charge in [-0.25, -0.2) is 4.79 Å². The highest BCUT2D eigenvalue weighted by atomic mass is 35.5. The number of hydrogen-bond acceptors (Lipinski definition) is 5. The largest absolute Gasteiger partial charge is 0.467 e. The summed E-state index contributed by atoms with van der Waals surface area (Å²) in [5, 5.41) is 7.87. The predicted molar refractivity (Wildman–Crippen MR) is 118 cm³/mol. The van der Waals surface area contributed by atoms with Gasteiger partial charge < -0.3 is 14.6 Å². The van der Waals surface area contributed by atoms with E-state index in [1.54, 1.807) is 18.4 Å². The van der Waals surface area contributed by atoms with Crippen molar-refractivity contribution < 1.29 is 18.8 Å². The van der Waals surface area contributed by atoms with Gasteiger partial charge in [-0.15, -0.1) is 0 Å². The van der Waals surface area contributed by atoms with Crippen LogP contribution in [0.5, 0.6) is 0 Å². The average Bonchev–Trinajstić information content (AvgIpc) is 3.35. The molecule has 1 aromatic heterocycles. The van der Waals surface area contributed by atoms with Gasteiger partial charge >= 0.3 is 5.97 Å². The van der Waals surface area contributed by atoms with Gasteiger partial charge in [-0.2, -0.15) is 0 Å². The van der Waals surface area contributed by atoms with E-state index in [9.17, 15) is 9.59 Å². The molecule has 2 aliphatic rings. The second kappa shape index (κ2) is 7.68. The molecule has 0 spiro atoms. The van der Waals surface area contributed by atoms with Gasteiger partial charge in [0.25, 0.3) is 0 Å². The molecule has 8 heteroatoms. The maximum absolute atomic E-state index is 13.3. The maximum Gasteiger partial charge on any atom is 0.367 e. The molecule has 1 heterocycles. The molecule has 1 N–H and O–H groups in total. The number of fused-ring (bicyclic) bond motifs is 2. The van der Waals surface area contributed by atoms with Crippen molar-refractivity contribution in [3.8, 4) is 0 Å². The fourth-order valence-electron chi connectivity index (χ4n) is 5.07. The summed E-state index contributed by atoms with van der Waals surface area (Å²) < 4.78 is 5.33. The fourth-order valence-corrected chi connectivity index (χ4v) is 5.56. The zero-order valence-electron chi connectivity index (χ0n) is 17.6. The van der Waals surface area contributed by atoms with Crippen LogP contribution in [0.4, 0.5) is 0 Å². The Morgan fingerprint density at radius 1 is 1.19 bits per heavy atom. The third-order valence-electron chi connectivity index (χ3n) is 7.56. The SMILES string of the molecule is CC12CCC(C(=O)NCc3ccco3)(C/C1=N\OC(=O)c1ccc(Cl)cc1Cl)C2(C)C. The smallest absolute Gasteiger partial charge is 0.367 e. The minimum Gasteiger partial charge on any atom is -0.467 e. The van der Waals surface area contributed by atoms with E-state index in [0.29, 0.717) is 23.7 Å². The molecule has 2 aliphatic carbocycles. The molecule has 2 unspecified atom stereocenters. The van der Waals surface area contributed by atoms with Crippen LogP contribution in [0.15, 0.2) is 46.2 Å². The van der Waals surface area contributed by atoms with Crippen LogP contribution in [0, 0.1) is 16.2 Å². The minimum atomic E-state index is -0.658. The van der Waals surface area contributed by atoms with Crippen molar-refractivity contribution in [3.05, 3.63) is 58.0 Å². The van der Waals surface area contributed by atoms with Gasteiger partial charge in [-0.3, -0.25) is 4.79 Å². The molecule has 2 saturated carbocycles. The summed E-state index contributed by atoms with van der Waals surface area (Å²) in [7, 11) is 0. The number of halogens is 2. The third-order valence-corrected chi connectivity index (χ3v) is 8.11. The van der Waals surface area contributed by atoms with Crippen LogP contribution in [-0.2, 0) is 16.2 Å². The summed E-state index contributed by atoms with van der Waals surface area (Å²) >= 11 is 12.0. The van der Waals surface area contributed by atoms with E-state index >= 15 is 0 Å². The van der Waals surface area contributed by atoms with Crippen molar-refractivity contribution in [3.63, 3.8) is 0 Å². The molecule has 31 heavy (non-hydrogen) atoms. The monoisotopic (exact) mass is 462 g/mol. The lowest BCUT2D eigenvalue weighted by molar-refractivity contribution is -0.136. The Bertz CT molecular complexity index is 1060. The van der Waals surface area contributed by atoms with Crippen LogP contribution in [0.2, 0.25) is 10.0 Å². The fraction of sp³-hybridized carbons (Fsp3) is 0.435. The zero-order chi connectivity index (χ0) is 22.4. The second-order valence-corrected chi connectivity index (χ2v) is 9.86. The van der Waals surface area contributed by atoms with Crippen LogP contribution in [0.1, 0.15) is 56.2 Å². The Morgan fingerprint density at radius 2 is 1.97 bits per heavy atom. The summed E-state index contributed by atoms with van der Waals surface area (Å²) in [6.45, 7) is 6.60. The number of hydrogen-bond donors (Lipinski definition) is 1. The van der Waals surface area contributed by atoms with Crippen LogP contribution >= 0.6 is 23.2 Å². The maximum atomic E-state index is 13.3. The molecule has 164 valence electrons. The van der Waals surface area contributed by atoms with E-state index in [1.165, 1.54) is 12.1 Å². The van der Waals surface area contributed by atoms with Gasteiger partial charge in [-0.05, 0) is 48.6 Å². The normalized spacial score (nSPS) is 27.5. The topological polar surface area (TPSA) is 80.9 Å². The summed E-state index contributed by atoms with van der Waals surface area (Å²) in [6, 6.07) is 8.16. The Kier molecular flexibility index (Phi) is 5.42. The molecule has 2 fully saturated rings. The van der Waals surface area contributed by atoms with E-state index in [1.807, 2.05) is 6.07 Å². The van der Waals surface area contributed by atoms with Crippen molar-refractivity contribution in [1.29, 1.82) is 0 Å². The summed E-state index contributed by atoms with van der Waals surface area (Å²) in [5.41, 5.74) is -0.447. The predicted octanol–water partition coefficient (Wildman–Crippen LogP) is 5.63. The van der Waals surface area contributed by atoms with Crippen LogP contribution in [0.3, 0.4) is 0 Å². The molecule has 1 aromatic carbocycles. The van der Waals surface area contributed by atoms with Crippen molar-refractivity contribution in [2.24, 2.45) is 21.4 Å². The van der Waals surface area contributed by atoms with Crippen molar-refractivity contribution in [1.82, 2.24) is 5.32 Å². The first-order chi connectivity index (χ1) is 14.6. The number of nitrogens with one attached hydrogen (secondary N) is 1. The van der Waals surface area contributed by atoms with E-state index in [0.717, 1.165) is 18.6 Å². The number of amides is 1. The van der Waals surface area contributed by atoms with Gasteiger partial charge in [0, 0.05) is 16.9 Å². The van der Waals surface area contributed by atoms with Gasteiger partial charge in [0.2, 0.25) is 5.91 Å². The number of benzene rings is 1. The Morgan fingerprint density at radius 3 is 2.65 bits per heavy atom. The zero-order valence-corrected chi connectivity index (χ0v) is 19.1. The summed E-state index contributed by atoms with van der Waals surface area (Å²) in [5.74, 6) is 0.00791. The average molecular weight is 463 g/mol. The number of furan rings is 1. The minimum absolute atomic E-state index is 0.0325.